The van der Waals surface area contributed by atoms with Gasteiger partial charge in [-0.1, -0.05) is 142 Å². The van der Waals surface area contributed by atoms with E-state index in [1.807, 2.05) is 0 Å². The van der Waals surface area contributed by atoms with E-state index in [1.165, 1.54) is 131 Å². The van der Waals surface area contributed by atoms with Crippen LogP contribution in [0.3, 0.4) is 0 Å². The van der Waals surface area contributed by atoms with Crippen LogP contribution in [0.1, 0.15) is 103 Å². The average Bonchev–Trinajstić information content (AvgIpc) is 3.48. The third kappa shape index (κ3) is 4.48. The van der Waals surface area contributed by atoms with Crippen molar-refractivity contribution in [3.63, 3.8) is 0 Å². The monoisotopic (exact) mass is 722 g/mol. The smallest absolute Gasteiger partial charge is 0.00135 e. The lowest BCUT2D eigenvalue weighted by molar-refractivity contribution is 0.591. The molecule has 0 aromatic heterocycles. The Morgan fingerprint density at radius 1 is 0.339 bits per heavy atom. The first-order valence-corrected chi connectivity index (χ1v) is 20.8. The number of rotatable bonds is 2. The van der Waals surface area contributed by atoms with E-state index < -0.39 is 0 Å². The Morgan fingerprint density at radius 2 is 0.857 bits per heavy atom. The molecule has 0 nitrogen and oxygen atoms in total. The van der Waals surface area contributed by atoms with Crippen molar-refractivity contribution in [1.82, 2.24) is 0 Å². The number of hydrogen-bond donors (Lipinski definition) is 0. The molecule has 11 rings (SSSR count). The molecule has 0 saturated carbocycles. The Hall–Kier alpha value is -5.46. The minimum Gasteiger partial charge on any atom is -0.0616 e. The second-order valence-electron chi connectivity index (χ2n) is 19.7. The van der Waals surface area contributed by atoms with Crippen LogP contribution in [0.5, 0.6) is 0 Å². The average molecular weight is 723 g/mol. The fourth-order valence-electron chi connectivity index (χ4n) is 10.7. The number of fused-ring (bicyclic) bond motifs is 11. The van der Waals surface area contributed by atoms with Gasteiger partial charge in [0.1, 0.15) is 0 Å². The van der Waals surface area contributed by atoms with E-state index >= 15 is 0 Å². The third-order valence-electron chi connectivity index (χ3n) is 13.4. The number of benzene rings is 10. The molecule has 0 amide bonds. The molecule has 0 aliphatic heterocycles. The van der Waals surface area contributed by atoms with Gasteiger partial charge in [0.2, 0.25) is 0 Å². The molecule has 0 atom stereocenters. The second kappa shape index (κ2) is 11.1. The van der Waals surface area contributed by atoms with Crippen LogP contribution in [0.2, 0.25) is 0 Å². The third-order valence-corrected chi connectivity index (χ3v) is 13.4. The van der Waals surface area contributed by atoms with Gasteiger partial charge in [-0.15, -0.1) is 0 Å². The SMILES string of the molecule is CC(C)c1c2c(c(C(C)C)c3cc4c5cc6ccccc6cc5c5cc(C(C)(C)C)ccc5c4cc13)-c1ccc3ccc4cc(C(C)(C)C)cc5cc-2c1c3c45. The summed E-state index contributed by atoms with van der Waals surface area (Å²) in [5.74, 6) is 0.665. The molecule has 0 radical (unpaired) electrons. The van der Waals surface area contributed by atoms with Crippen LogP contribution < -0.4 is 0 Å². The highest BCUT2D eigenvalue weighted by atomic mass is 14.4. The Kier molecular flexibility index (Phi) is 6.71. The maximum Gasteiger partial charge on any atom is -0.00135 e. The van der Waals surface area contributed by atoms with Crippen molar-refractivity contribution >= 4 is 86.2 Å². The highest BCUT2D eigenvalue weighted by Crippen LogP contribution is 2.58. The summed E-state index contributed by atoms with van der Waals surface area (Å²) in [6.45, 7) is 23.7. The molecule has 10 aromatic carbocycles. The van der Waals surface area contributed by atoms with E-state index in [0.29, 0.717) is 11.8 Å². The highest BCUT2D eigenvalue weighted by Gasteiger charge is 2.33. The molecule has 0 heteroatoms. The van der Waals surface area contributed by atoms with Crippen molar-refractivity contribution in [2.24, 2.45) is 0 Å². The molecule has 56 heavy (non-hydrogen) atoms. The summed E-state index contributed by atoms with van der Waals surface area (Å²) < 4.78 is 0. The van der Waals surface area contributed by atoms with Crippen LogP contribution in [0.25, 0.3) is 108 Å². The molecule has 1 aliphatic rings. The van der Waals surface area contributed by atoms with Gasteiger partial charge in [-0.25, -0.2) is 0 Å². The van der Waals surface area contributed by atoms with E-state index in [0.717, 1.165) is 0 Å². The first-order valence-electron chi connectivity index (χ1n) is 20.8. The van der Waals surface area contributed by atoms with Crippen molar-refractivity contribution in [2.75, 3.05) is 0 Å². The second-order valence-corrected chi connectivity index (χ2v) is 19.7. The van der Waals surface area contributed by atoms with Gasteiger partial charge in [0.15, 0.2) is 0 Å². The van der Waals surface area contributed by atoms with Crippen LogP contribution >= 0.6 is 0 Å². The standard InChI is InChI=1S/C56H50/c1-29(2)48-46-28-44-41-24-33-14-12-11-13-32(33)23-40(41)42-26-36(55(5,6)7)18-20-38(42)43(44)27-45(46)49(30(3)4)54-47-25-35-22-37(56(8,9)10)21-34-16-15-31-17-19-39(53(48)54)52(47)51(31)50(34)35/h11-30H,1-10H3. The number of hydrogen-bond acceptors (Lipinski definition) is 0. The van der Waals surface area contributed by atoms with E-state index in [1.54, 1.807) is 0 Å². The Labute approximate surface area is 330 Å². The van der Waals surface area contributed by atoms with Gasteiger partial charge in [-0.05, 0) is 190 Å². The van der Waals surface area contributed by atoms with E-state index in [4.69, 9.17) is 0 Å². The van der Waals surface area contributed by atoms with Gasteiger partial charge in [0.05, 0.1) is 0 Å². The zero-order valence-electron chi connectivity index (χ0n) is 34.5. The van der Waals surface area contributed by atoms with Crippen molar-refractivity contribution in [3.05, 3.63) is 131 Å². The minimum absolute atomic E-state index is 0.0535. The minimum atomic E-state index is 0.0535. The zero-order valence-corrected chi connectivity index (χ0v) is 34.5. The van der Waals surface area contributed by atoms with Gasteiger partial charge < -0.3 is 0 Å². The van der Waals surface area contributed by atoms with Crippen LogP contribution in [0, 0.1) is 0 Å². The van der Waals surface area contributed by atoms with Crippen molar-refractivity contribution < 1.29 is 0 Å². The topological polar surface area (TPSA) is 0 Å². The molecule has 1 aliphatic carbocycles. The quantitative estimate of drug-likeness (QED) is 0.123. The Bertz CT molecular complexity index is 3350. The summed E-state index contributed by atoms with van der Waals surface area (Å²) in [6.07, 6.45) is 0. The first-order chi connectivity index (χ1) is 26.7. The molecular weight excluding hydrogens is 673 g/mol. The lowest BCUT2D eigenvalue weighted by Gasteiger charge is -2.25. The molecule has 0 fully saturated rings. The molecule has 0 spiro atoms. The van der Waals surface area contributed by atoms with Crippen LogP contribution in [0.4, 0.5) is 0 Å². The van der Waals surface area contributed by atoms with Crippen molar-refractivity contribution in [3.8, 4) is 22.3 Å². The lowest BCUT2D eigenvalue weighted by atomic mass is 9.78. The summed E-state index contributed by atoms with van der Waals surface area (Å²) in [6, 6.07) is 43.4. The largest absolute Gasteiger partial charge is 0.0616 e. The molecule has 0 bridgehead atoms. The fraction of sp³-hybridized carbons (Fsp3) is 0.250. The van der Waals surface area contributed by atoms with Crippen molar-refractivity contribution in [2.45, 2.75) is 91.9 Å². The predicted molar refractivity (Wildman–Crippen MR) is 248 cm³/mol. The summed E-state index contributed by atoms with van der Waals surface area (Å²) in [4.78, 5) is 0. The fourth-order valence-corrected chi connectivity index (χ4v) is 10.7. The maximum absolute atomic E-state index is 2.61. The lowest BCUT2D eigenvalue weighted by Crippen LogP contribution is -2.10. The summed E-state index contributed by atoms with van der Waals surface area (Å²) in [5.41, 5.74) is 11.6. The highest BCUT2D eigenvalue weighted by molar-refractivity contribution is 6.34. The van der Waals surface area contributed by atoms with E-state index in [9.17, 15) is 0 Å². The first kappa shape index (κ1) is 33.8. The zero-order chi connectivity index (χ0) is 38.7. The normalized spacial score (nSPS) is 13.5. The van der Waals surface area contributed by atoms with Crippen LogP contribution in [-0.2, 0) is 10.8 Å². The Morgan fingerprint density at radius 3 is 1.46 bits per heavy atom. The molecule has 0 heterocycles. The van der Waals surface area contributed by atoms with Gasteiger partial charge in [0, 0.05) is 0 Å². The van der Waals surface area contributed by atoms with Gasteiger partial charge in [-0.3, -0.25) is 0 Å². The predicted octanol–water partition coefficient (Wildman–Crippen LogP) is 16.8. The molecule has 274 valence electrons. The summed E-state index contributed by atoms with van der Waals surface area (Å²) >= 11 is 0. The summed E-state index contributed by atoms with van der Waals surface area (Å²) in [7, 11) is 0. The molecule has 0 saturated heterocycles. The van der Waals surface area contributed by atoms with Crippen LogP contribution in [-0.4, -0.2) is 0 Å². The molecule has 10 aromatic rings. The van der Waals surface area contributed by atoms with Crippen molar-refractivity contribution in [1.29, 1.82) is 0 Å². The van der Waals surface area contributed by atoms with Gasteiger partial charge in [-0.2, -0.15) is 0 Å². The molecule has 0 unspecified atom stereocenters. The van der Waals surface area contributed by atoms with E-state index in [2.05, 4.69) is 178 Å². The van der Waals surface area contributed by atoms with Gasteiger partial charge in [0.25, 0.3) is 0 Å². The van der Waals surface area contributed by atoms with E-state index in [-0.39, 0.29) is 10.8 Å². The van der Waals surface area contributed by atoms with Gasteiger partial charge >= 0.3 is 0 Å². The maximum atomic E-state index is 2.61. The Balaban J connectivity index is 1.35. The molecule has 0 N–H and O–H groups in total. The summed E-state index contributed by atoms with van der Waals surface area (Å²) in [5, 5.41) is 21.8. The van der Waals surface area contributed by atoms with Crippen LogP contribution in [0.15, 0.2) is 109 Å². The molecular formula is C56H50.